The minimum atomic E-state index is -4.43. The van der Waals surface area contributed by atoms with Crippen LogP contribution in [0.15, 0.2) is 30.3 Å². The minimum absolute atomic E-state index is 0.0397. The predicted octanol–water partition coefficient (Wildman–Crippen LogP) is 10.1. The first-order valence-corrected chi connectivity index (χ1v) is 18.2. The molecule has 1 unspecified atom stereocenters. The van der Waals surface area contributed by atoms with Gasteiger partial charge in [-0.25, -0.2) is 0 Å². The monoisotopic (exact) mass is 585 g/mol. The van der Waals surface area contributed by atoms with Gasteiger partial charge >= 0.3 is 6.18 Å². The van der Waals surface area contributed by atoms with Crippen LogP contribution in [0.4, 0.5) is 13.2 Å². The molecule has 0 saturated heterocycles. The van der Waals surface area contributed by atoms with E-state index in [1.54, 1.807) is 0 Å². The summed E-state index contributed by atoms with van der Waals surface area (Å²) in [5.41, 5.74) is 6.07. The van der Waals surface area contributed by atoms with Gasteiger partial charge in [0.15, 0.2) is 8.32 Å². The molecule has 3 nitrogen and oxygen atoms in total. The average Bonchev–Trinajstić information content (AvgIpc) is 3.39. The van der Waals surface area contributed by atoms with Crippen LogP contribution in [0, 0.1) is 5.41 Å². The predicted molar refractivity (Wildman–Crippen MR) is 161 cm³/mol. The van der Waals surface area contributed by atoms with Crippen molar-refractivity contribution in [2.75, 3.05) is 0 Å². The average molecular weight is 586 g/mol. The molecule has 3 aliphatic carbocycles. The lowest BCUT2D eigenvalue weighted by Crippen LogP contribution is -2.46. The molecule has 1 fully saturated rings. The maximum absolute atomic E-state index is 13.3. The summed E-state index contributed by atoms with van der Waals surface area (Å²) in [5.74, 6) is 0.0409. The molecular weight excluding hydrogens is 539 g/mol. The van der Waals surface area contributed by atoms with Gasteiger partial charge in [-0.2, -0.15) is 13.2 Å². The van der Waals surface area contributed by atoms with Gasteiger partial charge in [-0.3, -0.25) is 4.98 Å². The number of halogens is 3. The van der Waals surface area contributed by atoms with E-state index in [0.29, 0.717) is 5.56 Å². The fraction of sp³-hybridized carbons (Fsp3) is 0.618. The third kappa shape index (κ3) is 5.71. The molecule has 7 heteroatoms. The molecule has 0 aliphatic heterocycles. The van der Waals surface area contributed by atoms with E-state index in [1.807, 2.05) is 0 Å². The number of pyridine rings is 1. The molecule has 1 saturated carbocycles. The molecule has 0 radical (unpaired) electrons. The number of benzene rings is 1. The Balaban J connectivity index is 1.73. The van der Waals surface area contributed by atoms with E-state index in [4.69, 9.17) is 9.41 Å². The van der Waals surface area contributed by atoms with E-state index in [-0.39, 0.29) is 22.5 Å². The van der Waals surface area contributed by atoms with Crippen LogP contribution in [0.5, 0.6) is 0 Å². The van der Waals surface area contributed by atoms with Gasteiger partial charge in [-0.1, -0.05) is 59.2 Å². The summed E-state index contributed by atoms with van der Waals surface area (Å²) in [6.45, 7) is 15.6. The number of alkyl halides is 3. The molecule has 1 heterocycles. The summed E-state index contributed by atoms with van der Waals surface area (Å²) in [6.07, 6.45) is 5.13. The maximum atomic E-state index is 13.3. The molecular formula is C34H46F3NO2Si. The first-order chi connectivity index (χ1) is 19.0. The minimum Gasteiger partial charge on any atom is -0.410 e. The zero-order chi connectivity index (χ0) is 30.0. The largest absolute Gasteiger partial charge is 0.416 e. The molecule has 3 aliphatic rings. The van der Waals surface area contributed by atoms with Crippen molar-refractivity contribution in [3.8, 4) is 0 Å². The fourth-order valence-corrected chi connectivity index (χ4v) is 8.03. The summed E-state index contributed by atoms with van der Waals surface area (Å²) >= 11 is 0. The first kappa shape index (κ1) is 30.5. The van der Waals surface area contributed by atoms with Gasteiger partial charge in [0.25, 0.3) is 0 Å². The quantitative estimate of drug-likeness (QED) is 0.343. The number of rotatable bonds is 6. The van der Waals surface area contributed by atoms with Gasteiger partial charge in [0.1, 0.15) is 6.10 Å². The summed E-state index contributed by atoms with van der Waals surface area (Å²) in [7, 11) is -2.16. The van der Waals surface area contributed by atoms with Crippen LogP contribution in [-0.2, 0) is 17.0 Å². The van der Waals surface area contributed by atoms with Crippen LogP contribution in [0.2, 0.25) is 18.1 Å². The number of aliphatic hydroxyl groups excluding tert-OH is 1. The van der Waals surface area contributed by atoms with Crippen molar-refractivity contribution < 1.29 is 22.7 Å². The SMILES string of the molecule is CC(C)c1nc2c(c(C3=CCCC3)c1[C@H](O)c1ccc(C(F)(F)F)cc1)C(O[Si](C)(C)C(C)(C)C)CC1(CCC1)C2. The van der Waals surface area contributed by atoms with Crippen molar-refractivity contribution in [3.05, 3.63) is 69.5 Å². The van der Waals surface area contributed by atoms with Crippen LogP contribution in [0.1, 0.15) is 137 Å². The van der Waals surface area contributed by atoms with Crippen molar-refractivity contribution in [2.45, 2.75) is 128 Å². The molecule has 1 aromatic heterocycles. The van der Waals surface area contributed by atoms with E-state index >= 15 is 0 Å². The van der Waals surface area contributed by atoms with Crippen molar-refractivity contribution in [1.82, 2.24) is 4.98 Å². The van der Waals surface area contributed by atoms with E-state index < -0.39 is 26.2 Å². The molecule has 0 amide bonds. The van der Waals surface area contributed by atoms with Gasteiger partial charge in [0.05, 0.1) is 11.7 Å². The van der Waals surface area contributed by atoms with Crippen LogP contribution >= 0.6 is 0 Å². The number of fused-ring (bicyclic) bond motifs is 1. The van der Waals surface area contributed by atoms with Crippen LogP contribution < -0.4 is 0 Å². The summed E-state index contributed by atoms with van der Waals surface area (Å²) in [6, 6.07) is 4.96. The third-order valence-electron chi connectivity index (χ3n) is 10.3. The number of hydrogen-bond donors (Lipinski definition) is 1. The fourth-order valence-electron chi connectivity index (χ4n) is 6.76. The Labute approximate surface area is 244 Å². The first-order valence-electron chi connectivity index (χ1n) is 15.3. The lowest BCUT2D eigenvalue weighted by Gasteiger charge is -2.51. The molecule has 224 valence electrons. The third-order valence-corrected chi connectivity index (χ3v) is 14.7. The van der Waals surface area contributed by atoms with E-state index in [0.717, 1.165) is 72.3 Å². The van der Waals surface area contributed by atoms with Gasteiger partial charge in [-0.05, 0) is 103 Å². The standard InChI is InChI=1S/C34H46F3NO2Si/c1-21(2)30-29(31(39)23-13-15-24(16-14-23)34(35,36)37)27(22-11-8-9-12-22)28-25(38-30)19-33(17-10-18-33)20-26(28)40-41(6,7)32(3,4)5/h11,13-16,21,26,31,39H,8-10,12,17-20H2,1-7H3/t26?,31-/m1/s1. The van der Waals surface area contributed by atoms with Crippen molar-refractivity contribution in [1.29, 1.82) is 0 Å². The number of hydrogen-bond acceptors (Lipinski definition) is 3. The van der Waals surface area contributed by atoms with Crippen LogP contribution in [-0.4, -0.2) is 18.4 Å². The van der Waals surface area contributed by atoms with Gasteiger partial charge in [0.2, 0.25) is 0 Å². The molecule has 2 atom stereocenters. The zero-order valence-corrected chi connectivity index (χ0v) is 26.7. The van der Waals surface area contributed by atoms with E-state index in [2.05, 4.69) is 53.8 Å². The van der Waals surface area contributed by atoms with Gasteiger partial charge < -0.3 is 9.53 Å². The lowest BCUT2D eigenvalue weighted by molar-refractivity contribution is -0.137. The normalized spacial score (nSPS) is 21.6. The highest BCUT2D eigenvalue weighted by molar-refractivity contribution is 6.74. The Morgan fingerprint density at radius 2 is 1.71 bits per heavy atom. The molecule has 41 heavy (non-hydrogen) atoms. The Bertz CT molecular complexity index is 1320. The summed E-state index contributed by atoms with van der Waals surface area (Å²) in [4.78, 5) is 5.34. The molecule has 1 N–H and O–H groups in total. The Morgan fingerprint density at radius 1 is 1.05 bits per heavy atom. The van der Waals surface area contributed by atoms with Crippen molar-refractivity contribution in [3.63, 3.8) is 0 Å². The lowest BCUT2D eigenvalue weighted by atomic mass is 9.59. The summed E-state index contributed by atoms with van der Waals surface area (Å²) in [5, 5.41) is 12.0. The highest BCUT2D eigenvalue weighted by Gasteiger charge is 2.49. The summed E-state index contributed by atoms with van der Waals surface area (Å²) < 4.78 is 47.3. The van der Waals surface area contributed by atoms with Crippen molar-refractivity contribution in [2.24, 2.45) is 5.41 Å². The van der Waals surface area contributed by atoms with Crippen LogP contribution in [0.3, 0.4) is 0 Å². The number of aromatic nitrogens is 1. The number of nitrogens with zero attached hydrogens (tertiary/aromatic N) is 1. The molecule has 5 rings (SSSR count). The molecule has 1 aromatic carbocycles. The Morgan fingerprint density at radius 3 is 2.20 bits per heavy atom. The van der Waals surface area contributed by atoms with Gasteiger partial charge in [0, 0.05) is 22.5 Å². The number of allylic oxidation sites excluding steroid dienone is 2. The molecule has 1 spiro atoms. The van der Waals surface area contributed by atoms with E-state index in [9.17, 15) is 18.3 Å². The second-order valence-corrected chi connectivity index (χ2v) is 19.3. The Kier molecular flexibility index (Phi) is 7.91. The second kappa shape index (κ2) is 10.6. The molecule has 2 aromatic rings. The Hall–Kier alpha value is -1.96. The maximum Gasteiger partial charge on any atom is 0.416 e. The molecule has 0 bridgehead atoms. The van der Waals surface area contributed by atoms with Gasteiger partial charge in [-0.15, -0.1) is 0 Å². The second-order valence-electron chi connectivity index (χ2n) is 14.5. The smallest absolute Gasteiger partial charge is 0.410 e. The highest BCUT2D eigenvalue weighted by atomic mass is 28.4. The van der Waals surface area contributed by atoms with Crippen LogP contribution in [0.25, 0.3) is 5.57 Å². The zero-order valence-electron chi connectivity index (χ0n) is 25.7. The van der Waals surface area contributed by atoms with Crippen molar-refractivity contribution >= 4 is 13.9 Å². The van der Waals surface area contributed by atoms with E-state index in [1.165, 1.54) is 37.0 Å². The number of aliphatic hydroxyl groups is 1. The topological polar surface area (TPSA) is 42.4 Å². The highest BCUT2D eigenvalue weighted by Crippen LogP contribution is 2.58.